The average molecular weight is 430 g/mol. The molecule has 4 rings (SSSR count). The van der Waals surface area contributed by atoms with Gasteiger partial charge in [0.1, 0.15) is 5.82 Å². The quantitative estimate of drug-likeness (QED) is 0.646. The minimum absolute atomic E-state index is 0.719. The van der Waals surface area contributed by atoms with Crippen LogP contribution in [0.5, 0.6) is 0 Å². The van der Waals surface area contributed by atoms with Crippen molar-refractivity contribution in [3.63, 3.8) is 0 Å². The Kier molecular flexibility index (Phi) is 6.35. The second-order valence-corrected chi connectivity index (χ2v) is 7.81. The highest BCUT2D eigenvalue weighted by molar-refractivity contribution is 9.10. The van der Waals surface area contributed by atoms with E-state index < -0.39 is 5.60 Å². The van der Waals surface area contributed by atoms with E-state index in [0.29, 0.717) is 0 Å². The lowest BCUT2D eigenvalue weighted by Gasteiger charge is -2.38. The molecule has 1 saturated heterocycles. The van der Waals surface area contributed by atoms with Crippen molar-refractivity contribution in [2.24, 2.45) is 7.05 Å². The summed E-state index contributed by atoms with van der Waals surface area (Å²) >= 11 is 3.46. The number of hydrogen-bond donors (Lipinski definition) is 1. The van der Waals surface area contributed by atoms with Gasteiger partial charge in [0.25, 0.3) is 0 Å². The maximum Gasteiger partial charge on any atom is 0.123 e. The van der Waals surface area contributed by atoms with Crippen molar-refractivity contribution in [3.05, 3.63) is 64.4 Å². The van der Waals surface area contributed by atoms with Crippen LogP contribution in [0.4, 0.5) is 0 Å². The van der Waals surface area contributed by atoms with Crippen LogP contribution in [0.2, 0.25) is 0 Å². The number of imidazole rings is 1. The molecular formula is C22H28BrN3O. The molecule has 27 heavy (non-hydrogen) atoms. The summed E-state index contributed by atoms with van der Waals surface area (Å²) in [7, 11) is 2.08. The van der Waals surface area contributed by atoms with Crippen LogP contribution in [0.15, 0.2) is 53.0 Å². The largest absolute Gasteiger partial charge is 0.385 e. The first-order chi connectivity index (χ1) is 13.0. The summed E-state index contributed by atoms with van der Waals surface area (Å²) in [6, 6.07) is 16.3. The fourth-order valence-electron chi connectivity index (χ4n) is 3.67. The Morgan fingerprint density at radius 3 is 2.30 bits per heavy atom. The van der Waals surface area contributed by atoms with Gasteiger partial charge >= 0.3 is 0 Å². The molecule has 0 radical (unpaired) electrons. The van der Waals surface area contributed by atoms with Gasteiger partial charge in [0.15, 0.2) is 0 Å². The molecule has 0 saturated carbocycles. The summed E-state index contributed by atoms with van der Waals surface area (Å²) in [5.74, 6) is 1.08. The molecule has 0 unspecified atom stereocenters. The number of aryl methyl sites for hydroxylation is 1. The Balaban J connectivity index is 0.00000102. The molecule has 1 aromatic heterocycles. The maximum atomic E-state index is 11.0. The number of para-hydroxylation sites is 2. The molecule has 1 fully saturated rings. The third-order valence-corrected chi connectivity index (χ3v) is 5.84. The van der Waals surface area contributed by atoms with E-state index in [4.69, 9.17) is 4.98 Å². The van der Waals surface area contributed by atoms with Crippen molar-refractivity contribution in [3.8, 4) is 0 Å². The Morgan fingerprint density at radius 1 is 1.04 bits per heavy atom. The third kappa shape index (κ3) is 4.26. The van der Waals surface area contributed by atoms with Crippen molar-refractivity contribution < 1.29 is 5.11 Å². The van der Waals surface area contributed by atoms with Gasteiger partial charge < -0.3 is 9.67 Å². The standard InChI is InChI=1S/C20H22BrN3O.C2H6/c1-23-18-5-3-2-4-17(18)22-19(23)14-24-12-10-20(25,11-13-24)15-6-8-16(21)9-7-15;1-2/h2-9,25H,10-14H2,1H3;1-2H3. The molecular weight excluding hydrogens is 402 g/mol. The number of aromatic nitrogens is 2. The second kappa shape index (κ2) is 8.55. The van der Waals surface area contributed by atoms with Gasteiger partial charge in [-0.25, -0.2) is 4.98 Å². The minimum Gasteiger partial charge on any atom is -0.385 e. The van der Waals surface area contributed by atoms with Gasteiger partial charge in [0.2, 0.25) is 0 Å². The van der Waals surface area contributed by atoms with Gasteiger partial charge in [0, 0.05) is 24.6 Å². The first kappa shape index (κ1) is 20.1. The molecule has 4 nitrogen and oxygen atoms in total. The average Bonchev–Trinajstić information content (AvgIpc) is 3.02. The van der Waals surface area contributed by atoms with Crippen molar-refractivity contribution in [1.29, 1.82) is 0 Å². The molecule has 5 heteroatoms. The van der Waals surface area contributed by atoms with E-state index in [1.807, 2.05) is 50.2 Å². The van der Waals surface area contributed by atoms with Crippen molar-refractivity contribution in [1.82, 2.24) is 14.5 Å². The van der Waals surface area contributed by atoms with E-state index in [9.17, 15) is 5.11 Å². The van der Waals surface area contributed by atoms with Crippen LogP contribution in [0.25, 0.3) is 11.0 Å². The first-order valence-corrected chi connectivity index (χ1v) is 10.5. The molecule has 144 valence electrons. The lowest BCUT2D eigenvalue weighted by atomic mass is 9.84. The van der Waals surface area contributed by atoms with Gasteiger partial charge in [-0.2, -0.15) is 0 Å². The van der Waals surface area contributed by atoms with Gasteiger partial charge in [-0.15, -0.1) is 0 Å². The third-order valence-electron chi connectivity index (χ3n) is 5.31. The highest BCUT2D eigenvalue weighted by atomic mass is 79.9. The van der Waals surface area contributed by atoms with Crippen LogP contribution in [0, 0.1) is 0 Å². The number of likely N-dealkylation sites (tertiary alicyclic amines) is 1. The van der Waals surface area contributed by atoms with Gasteiger partial charge in [-0.05, 0) is 42.7 Å². The van der Waals surface area contributed by atoms with Crippen molar-refractivity contribution in [2.45, 2.75) is 38.8 Å². The zero-order valence-electron chi connectivity index (χ0n) is 16.3. The van der Waals surface area contributed by atoms with Gasteiger partial charge in [-0.1, -0.05) is 54.0 Å². The normalized spacial score (nSPS) is 16.8. The summed E-state index contributed by atoms with van der Waals surface area (Å²) in [6.07, 6.45) is 1.50. The van der Waals surface area contributed by atoms with Gasteiger partial charge in [0.05, 0.1) is 23.2 Å². The molecule has 0 bridgehead atoms. The molecule has 0 spiro atoms. The van der Waals surface area contributed by atoms with Crippen LogP contribution in [0.3, 0.4) is 0 Å². The molecule has 1 aliphatic rings. The SMILES string of the molecule is CC.Cn1c(CN2CCC(O)(c3ccc(Br)cc3)CC2)nc2ccccc21. The Bertz CT molecular complexity index is 880. The number of hydrogen-bond acceptors (Lipinski definition) is 3. The van der Waals surface area contributed by atoms with E-state index in [-0.39, 0.29) is 0 Å². The van der Waals surface area contributed by atoms with E-state index in [1.54, 1.807) is 0 Å². The van der Waals surface area contributed by atoms with E-state index in [2.05, 4.69) is 44.6 Å². The number of piperidine rings is 1. The molecule has 1 N–H and O–H groups in total. The smallest absolute Gasteiger partial charge is 0.123 e. The van der Waals surface area contributed by atoms with Crippen LogP contribution in [-0.2, 0) is 19.2 Å². The van der Waals surface area contributed by atoms with Crippen LogP contribution in [-0.4, -0.2) is 32.6 Å². The Hall–Kier alpha value is -1.69. The topological polar surface area (TPSA) is 41.3 Å². The van der Waals surface area contributed by atoms with E-state index in [0.717, 1.165) is 53.9 Å². The van der Waals surface area contributed by atoms with Crippen LogP contribution in [0.1, 0.15) is 38.1 Å². The molecule has 1 aliphatic heterocycles. The number of nitrogens with zero attached hydrogens (tertiary/aromatic N) is 3. The molecule has 2 heterocycles. The molecule has 2 aromatic carbocycles. The van der Waals surface area contributed by atoms with Crippen LogP contribution < -0.4 is 0 Å². The molecule has 0 amide bonds. The highest BCUT2D eigenvalue weighted by Gasteiger charge is 2.34. The second-order valence-electron chi connectivity index (χ2n) is 6.89. The fraction of sp³-hybridized carbons (Fsp3) is 0.409. The highest BCUT2D eigenvalue weighted by Crippen LogP contribution is 2.34. The zero-order valence-corrected chi connectivity index (χ0v) is 17.9. The van der Waals surface area contributed by atoms with E-state index in [1.165, 1.54) is 5.52 Å². The van der Waals surface area contributed by atoms with Crippen LogP contribution >= 0.6 is 15.9 Å². The van der Waals surface area contributed by atoms with E-state index >= 15 is 0 Å². The number of benzene rings is 2. The maximum absolute atomic E-state index is 11.0. The summed E-state index contributed by atoms with van der Waals surface area (Å²) < 4.78 is 3.21. The zero-order chi connectivity index (χ0) is 19.4. The monoisotopic (exact) mass is 429 g/mol. The number of rotatable bonds is 3. The van der Waals surface area contributed by atoms with Crippen molar-refractivity contribution in [2.75, 3.05) is 13.1 Å². The Labute approximate surface area is 170 Å². The summed E-state index contributed by atoms with van der Waals surface area (Å²) in [4.78, 5) is 7.15. The number of fused-ring (bicyclic) bond motifs is 1. The Morgan fingerprint density at radius 2 is 1.67 bits per heavy atom. The molecule has 0 atom stereocenters. The molecule has 3 aromatic rings. The van der Waals surface area contributed by atoms with Gasteiger partial charge in [-0.3, -0.25) is 4.90 Å². The summed E-state index contributed by atoms with van der Waals surface area (Å²) in [6.45, 7) is 6.56. The lowest BCUT2D eigenvalue weighted by molar-refractivity contribution is -0.0283. The minimum atomic E-state index is -0.719. The number of aliphatic hydroxyl groups is 1. The molecule has 0 aliphatic carbocycles. The van der Waals surface area contributed by atoms with Crippen molar-refractivity contribution >= 4 is 27.0 Å². The summed E-state index contributed by atoms with van der Waals surface area (Å²) in [5, 5.41) is 11.0. The lowest BCUT2D eigenvalue weighted by Crippen LogP contribution is -2.42. The first-order valence-electron chi connectivity index (χ1n) is 9.66. The number of halogens is 1. The fourth-order valence-corrected chi connectivity index (χ4v) is 3.93. The summed E-state index contributed by atoms with van der Waals surface area (Å²) in [5.41, 5.74) is 2.51. The predicted octanol–water partition coefficient (Wildman–Crippen LogP) is 4.85. The predicted molar refractivity (Wildman–Crippen MR) is 115 cm³/mol.